The molecule has 0 saturated carbocycles. The van der Waals surface area contributed by atoms with Gasteiger partial charge in [-0.1, -0.05) is 30.2 Å². The molecule has 0 bridgehead atoms. The van der Waals surface area contributed by atoms with Crippen LogP contribution in [0.2, 0.25) is 0 Å². The summed E-state index contributed by atoms with van der Waals surface area (Å²) in [6.07, 6.45) is 3.80. The fourth-order valence-electron chi connectivity index (χ4n) is 3.75. The number of hydrogen-bond donors (Lipinski definition) is 2. The van der Waals surface area contributed by atoms with Crippen LogP contribution in [0.25, 0.3) is 11.2 Å². The minimum absolute atomic E-state index is 0.823. The van der Waals surface area contributed by atoms with Crippen LogP contribution in [-0.2, 0) is 13.1 Å². The second-order valence-electron chi connectivity index (χ2n) is 7.86. The molecule has 0 atom stereocenters. The van der Waals surface area contributed by atoms with Gasteiger partial charge in [0, 0.05) is 30.9 Å². The number of hydrogen-bond acceptors (Lipinski definition) is 4. The molecular weight excluding hydrogens is 384 g/mol. The van der Waals surface area contributed by atoms with E-state index in [1.807, 2.05) is 40.5 Å². The number of rotatable bonds is 3. The topological polar surface area (TPSA) is 59.2 Å². The Bertz CT molecular complexity index is 1340. The molecule has 31 heavy (non-hydrogen) atoms. The van der Waals surface area contributed by atoms with E-state index in [0.717, 1.165) is 64.7 Å². The highest BCUT2D eigenvalue weighted by Gasteiger charge is 2.13. The predicted octanol–water partition coefficient (Wildman–Crippen LogP) is 4.12. The average molecular weight is 409 g/mol. The molecule has 0 radical (unpaired) electrons. The van der Waals surface area contributed by atoms with Crippen molar-refractivity contribution in [3.63, 3.8) is 0 Å². The zero-order valence-electron chi connectivity index (χ0n) is 17.7. The molecule has 3 aromatic heterocycles. The zero-order chi connectivity index (χ0) is 21.4. The maximum absolute atomic E-state index is 4.66. The highest BCUT2D eigenvalue weighted by molar-refractivity contribution is 5.73. The summed E-state index contributed by atoms with van der Waals surface area (Å²) in [6.45, 7) is 10.8. The van der Waals surface area contributed by atoms with Crippen LogP contribution in [0.4, 0.5) is 11.5 Å². The van der Waals surface area contributed by atoms with Crippen molar-refractivity contribution in [2.45, 2.75) is 26.9 Å². The molecule has 0 spiro atoms. The van der Waals surface area contributed by atoms with Gasteiger partial charge in [0.05, 0.1) is 24.1 Å². The van der Waals surface area contributed by atoms with Crippen LogP contribution < -0.4 is 10.6 Å². The standard InChI is InChI=1S/C25H24N6/c1-17(2)19-7-6-18(3)20(13-19)8-9-21-16-27-25-23(5-4-11-30(21)25)28-24-14-22-15-26-10-12-31(22)29-24/h4-7,11,13-14,16,26H,1,10,12,15H2,2-3H3,(H,28,29). The lowest BCUT2D eigenvalue weighted by molar-refractivity contribution is 0.476. The third-order valence-electron chi connectivity index (χ3n) is 5.52. The molecule has 2 N–H and O–H groups in total. The quantitative estimate of drug-likeness (QED) is 0.501. The molecule has 6 nitrogen and oxygen atoms in total. The van der Waals surface area contributed by atoms with Crippen molar-refractivity contribution in [1.29, 1.82) is 0 Å². The van der Waals surface area contributed by atoms with Crippen molar-refractivity contribution in [3.8, 4) is 11.8 Å². The largest absolute Gasteiger partial charge is 0.336 e. The van der Waals surface area contributed by atoms with Gasteiger partial charge in [0.15, 0.2) is 11.5 Å². The number of allylic oxidation sites excluding steroid dienone is 1. The molecule has 1 aliphatic heterocycles. The number of imidazole rings is 1. The Hall–Kier alpha value is -3.82. The van der Waals surface area contributed by atoms with E-state index in [4.69, 9.17) is 0 Å². The van der Waals surface area contributed by atoms with Crippen molar-refractivity contribution in [2.24, 2.45) is 0 Å². The van der Waals surface area contributed by atoms with Gasteiger partial charge in [0.2, 0.25) is 0 Å². The number of pyridine rings is 1. The molecule has 4 aromatic rings. The van der Waals surface area contributed by atoms with E-state index in [-0.39, 0.29) is 0 Å². The highest BCUT2D eigenvalue weighted by Crippen LogP contribution is 2.23. The van der Waals surface area contributed by atoms with Crippen LogP contribution in [0.1, 0.15) is 35.0 Å². The Kier molecular flexibility index (Phi) is 4.81. The fraction of sp³-hybridized carbons (Fsp3) is 0.200. The minimum atomic E-state index is 0.823. The van der Waals surface area contributed by atoms with E-state index >= 15 is 0 Å². The van der Waals surface area contributed by atoms with Crippen LogP contribution in [0.5, 0.6) is 0 Å². The molecule has 5 rings (SSSR count). The van der Waals surface area contributed by atoms with Crippen LogP contribution in [0.15, 0.2) is 55.4 Å². The molecule has 0 unspecified atom stereocenters. The summed E-state index contributed by atoms with van der Waals surface area (Å²) >= 11 is 0. The summed E-state index contributed by atoms with van der Waals surface area (Å²) in [4.78, 5) is 4.61. The maximum atomic E-state index is 4.66. The molecule has 1 aliphatic rings. The summed E-state index contributed by atoms with van der Waals surface area (Å²) < 4.78 is 4.05. The Morgan fingerprint density at radius 2 is 2.13 bits per heavy atom. The van der Waals surface area contributed by atoms with Gasteiger partial charge in [-0.15, -0.1) is 0 Å². The third kappa shape index (κ3) is 3.72. The fourth-order valence-corrected chi connectivity index (χ4v) is 3.75. The Morgan fingerprint density at radius 3 is 2.97 bits per heavy atom. The normalized spacial score (nSPS) is 12.8. The van der Waals surface area contributed by atoms with E-state index in [2.05, 4.69) is 70.3 Å². The van der Waals surface area contributed by atoms with E-state index in [1.54, 1.807) is 0 Å². The monoisotopic (exact) mass is 408 g/mol. The van der Waals surface area contributed by atoms with Gasteiger partial charge >= 0.3 is 0 Å². The van der Waals surface area contributed by atoms with Gasteiger partial charge in [-0.2, -0.15) is 5.10 Å². The number of aromatic nitrogens is 4. The third-order valence-corrected chi connectivity index (χ3v) is 5.52. The summed E-state index contributed by atoms with van der Waals surface area (Å²) in [5.41, 5.74) is 8.04. The number of nitrogens with one attached hydrogen (secondary N) is 2. The minimum Gasteiger partial charge on any atom is -0.336 e. The molecule has 0 saturated heterocycles. The molecule has 6 heteroatoms. The number of benzene rings is 1. The first kappa shape index (κ1) is 19.2. The van der Waals surface area contributed by atoms with E-state index in [9.17, 15) is 0 Å². The van der Waals surface area contributed by atoms with Gasteiger partial charge in [0.25, 0.3) is 0 Å². The molecular formula is C25H24N6. The Morgan fingerprint density at radius 1 is 1.23 bits per heavy atom. The van der Waals surface area contributed by atoms with Gasteiger partial charge in [-0.3, -0.25) is 9.08 Å². The smallest absolute Gasteiger partial charge is 0.161 e. The Labute approximate surface area is 181 Å². The molecule has 1 aromatic carbocycles. The average Bonchev–Trinajstić information content (AvgIpc) is 3.37. The van der Waals surface area contributed by atoms with Gasteiger partial charge in [-0.05, 0) is 49.1 Å². The van der Waals surface area contributed by atoms with Crippen LogP contribution >= 0.6 is 0 Å². The van der Waals surface area contributed by atoms with Gasteiger partial charge < -0.3 is 10.6 Å². The first-order chi connectivity index (χ1) is 15.1. The van der Waals surface area contributed by atoms with Crippen molar-refractivity contribution in [1.82, 2.24) is 24.5 Å². The van der Waals surface area contributed by atoms with Crippen molar-refractivity contribution < 1.29 is 0 Å². The van der Waals surface area contributed by atoms with E-state index in [0.29, 0.717) is 0 Å². The molecule has 0 fully saturated rings. The molecule has 0 aliphatic carbocycles. The van der Waals surface area contributed by atoms with Gasteiger partial charge in [-0.25, -0.2) is 4.98 Å². The molecule has 4 heterocycles. The Balaban J connectivity index is 1.47. The zero-order valence-corrected chi connectivity index (χ0v) is 17.7. The molecule has 0 amide bonds. The summed E-state index contributed by atoms with van der Waals surface area (Å²) in [5, 5.41) is 11.4. The number of anilines is 2. The summed E-state index contributed by atoms with van der Waals surface area (Å²) in [6, 6.07) is 12.3. The van der Waals surface area contributed by atoms with Crippen molar-refractivity contribution >= 4 is 22.7 Å². The lowest BCUT2D eigenvalue weighted by Gasteiger charge is -2.13. The maximum Gasteiger partial charge on any atom is 0.161 e. The first-order valence-corrected chi connectivity index (χ1v) is 10.4. The van der Waals surface area contributed by atoms with Crippen LogP contribution in [0, 0.1) is 18.8 Å². The van der Waals surface area contributed by atoms with Gasteiger partial charge in [0.1, 0.15) is 5.69 Å². The number of fused-ring (bicyclic) bond motifs is 2. The summed E-state index contributed by atoms with van der Waals surface area (Å²) in [5.74, 6) is 7.43. The van der Waals surface area contributed by atoms with Crippen LogP contribution in [0.3, 0.4) is 0 Å². The van der Waals surface area contributed by atoms with E-state index < -0.39 is 0 Å². The highest BCUT2D eigenvalue weighted by atomic mass is 15.3. The lowest BCUT2D eigenvalue weighted by atomic mass is 10.0. The molecule has 154 valence electrons. The summed E-state index contributed by atoms with van der Waals surface area (Å²) in [7, 11) is 0. The second kappa shape index (κ2) is 7.78. The first-order valence-electron chi connectivity index (χ1n) is 10.4. The second-order valence-corrected chi connectivity index (χ2v) is 7.86. The SMILES string of the molecule is C=C(C)c1ccc(C)c(C#Cc2cnc3c(Nc4cc5n(n4)CCNC5)cccn23)c1. The lowest BCUT2D eigenvalue weighted by Crippen LogP contribution is -2.28. The predicted molar refractivity (Wildman–Crippen MR) is 124 cm³/mol. The number of aryl methyl sites for hydroxylation is 1. The van der Waals surface area contributed by atoms with Crippen molar-refractivity contribution in [2.75, 3.05) is 11.9 Å². The number of nitrogens with zero attached hydrogens (tertiary/aromatic N) is 4. The van der Waals surface area contributed by atoms with E-state index in [1.165, 1.54) is 5.69 Å². The van der Waals surface area contributed by atoms with Crippen LogP contribution in [-0.4, -0.2) is 25.7 Å². The van der Waals surface area contributed by atoms with Crippen molar-refractivity contribution in [3.05, 3.63) is 83.4 Å².